The van der Waals surface area contributed by atoms with E-state index < -0.39 is 6.03 Å². The standard InChI is InChI=1S/C9H13N3OS2/c1-5-4-6(14-2)7(12-9(10)13)8(11-5)15-3/h4H,1-3H3,(H3,10,12,13). The van der Waals surface area contributed by atoms with Gasteiger partial charge in [0.2, 0.25) is 0 Å². The van der Waals surface area contributed by atoms with Gasteiger partial charge < -0.3 is 11.1 Å². The number of thioether (sulfide) groups is 2. The van der Waals surface area contributed by atoms with Gasteiger partial charge in [-0.1, -0.05) is 0 Å². The molecule has 0 aliphatic rings. The Morgan fingerprint density at radius 2 is 2.13 bits per heavy atom. The highest BCUT2D eigenvalue weighted by molar-refractivity contribution is 7.99. The number of rotatable bonds is 3. The molecule has 0 fully saturated rings. The van der Waals surface area contributed by atoms with Gasteiger partial charge in [0.1, 0.15) is 5.03 Å². The van der Waals surface area contributed by atoms with Gasteiger partial charge >= 0.3 is 6.03 Å². The van der Waals surface area contributed by atoms with Crippen LogP contribution in [-0.4, -0.2) is 23.5 Å². The van der Waals surface area contributed by atoms with E-state index in [0.29, 0.717) is 5.69 Å². The van der Waals surface area contributed by atoms with Gasteiger partial charge in [0, 0.05) is 10.6 Å². The third-order valence-corrected chi connectivity index (χ3v) is 3.18. The highest BCUT2D eigenvalue weighted by Gasteiger charge is 2.11. The number of urea groups is 1. The Morgan fingerprint density at radius 3 is 2.60 bits per heavy atom. The fraction of sp³-hybridized carbons (Fsp3) is 0.333. The first kappa shape index (κ1) is 12.2. The molecule has 1 rings (SSSR count). The summed E-state index contributed by atoms with van der Waals surface area (Å²) in [7, 11) is 0. The summed E-state index contributed by atoms with van der Waals surface area (Å²) in [6, 6.07) is 1.36. The minimum Gasteiger partial charge on any atom is -0.351 e. The smallest absolute Gasteiger partial charge is 0.316 e. The van der Waals surface area contributed by atoms with Crippen molar-refractivity contribution in [3.63, 3.8) is 0 Å². The van der Waals surface area contributed by atoms with Crippen molar-refractivity contribution in [2.45, 2.75) is 16.8 Å². The van der Waals surface area contributed by atoms with Gasteiger partial charge in [0.25, 0.3) is 0 Å². The Labute approximate surface area is 97.4 Å². The first-order valence-electron chi connectivity index (χ1n) is 4.24. The number of hydrogen-bond acceptors (Lipinski definition) is 4. The van der Waals surface area contributed by atoms with Crippen LogP contribution in [0.4, 0.5) is 10.5 Å². The number of carbonyl (C=O) groups is 1. The molecule has 0 saturated carbocycles. The van der Waals surface area contributed by atoms with Gasteiger partial charge in [-0.25, -0.2) is 9.78 Å². The van der Waals surface area contributed by atoms with Crippen LogP contribution >= 0.6 is 23.5 Å². The molecule has 4 nitrogen and oxygen atoms in total. The molecule has 0 radical (unpaired) electrons. The highest BCUT2D eigenvalue weighted by atomic mass is 32.2. The average Bonchev–Trinajstić information content (AvgIpc) is 2.19. The van der Waals surface area contributed by atoms with E-state index in [-0.39, 0.29) is 0 Å². The number of pyridine rings is 1. The van der Waals surface area contributed by atoms with E-state index in [1.54, 1.807) is 11.8 Å². The van der Waals surface area contributed by atoms with Gasteiger partial charge in [-0.3, -0.25) is 0 Å². The molecule has 0 bridgehead atoms. The van der Waals surface area contributed by atoms with Crippen molar-refractivity contribution in [3.05, 3.63) is 11.8 Å². The lowest BCUT2D eigenvalue weighted by Crippen LogP contribution is -2.20. The topological polar surface area (TPSA) is 68.0 Å². The van der Waals surface area contributed by atoms with Gasteiger partial charge in [0.05, 0.1) is 5.69 Å². The van der Waals surface area contributed by atoms with Crippen molar-refractivity contribution in [1.82, 2.24) is 4.98 Å². The zero-order valence-electron chi connectivity index (χ0n) is 8.83. The number of hydrogen-bond donors (Lipinski definition) is 2. The summed E-state index contributed by atoms with van der Waals surface area (Å²) in [4.78, 5) is 16.2. The summed E-state index contributed by atoms with van der Waals surface area (Å²) in [5.74, 6) is 0. The van der Waals surface area contributed by atoms with Crippen LogP contribution in [0.3, 0.4) is 0 Å². The molecular formula is C9H13N3OS2. The molecule has 3 N–H and O–H groups in total. The number of aromatic nitrogens is 1. The molecular weight excluding hydrogens is 230 g/mol. The van der Waals surface area contributed by atoms with Gasteiger partial charge in [-0.05, 0) is 25.5 Å². The second-order valence-electron chi connectivity index (χ2n) is 2.84. The number of anilines is 1. The molecule has 1 aromatic heterocycles. The van der Waals surface area contributed by atoms with E-state index >= 15 is 0 Å². The van der Waals surface area contributed by atoms with Crippen molar-refractivity contribution in [2.75, 3.05) is 17.8 Å². The summed E-state index contributed by atoms with van der Waals surface area (Å²) < 4.78 is 0. The van der Waals surface area contributed by atoms with Crippen LogP contribution < -0.4 is 11.1 Å². The fourth-order valence-electron chi connectivity index (χ4n) is 1.16. The normalized spacial score (nSPS) is 10.1. The van der Waals surface area contributed by atoms with Crippen molar-refractivity contribution in [3.8, 4) is 0 Å². The molecule has 0 unspecified atom stereocenters. The highest BCUT2D eigenvalue weighted by Crippen LogP contribution is 2.33. The molecule has 1 aromatic rings. The number of aryl methyl sites for hydroxylation is 1. The van der Waals surface area contributed by atoms with Crippen LogP contribution in [0, 0.1) is 6.92 Å². The Kier molecular flexibility index (Phi) is 4.28. The lowest BCUT2D eigenvalue weighted by Gasteiger charge is -2.12. The zero-order valence-corrected chi connectivity index (χ0v) is 10.5. The number of nitrogens with two attached hydrogens (primary N) is 1. The van der Waals surface area contributed by atoms with Crippen LogP contribution in [-0.2, 0) is 0 Å². The number of carbonyl (C=O) groups excluding carboxylic acids is 1. The second-order valence-corrected chi connectivity index (χ2v) is 4.48. The van der Waals surface area contributed by atoms with Crippen molar-refractivity contribution < 1.29 is 4.79 Å². The number of primary amides is 1. The van der Waals surface area contributed by atoms with Crippen molar-refractivity contribution in [1.29, 1.82) is 0 Å². The van der Waals surface area contributed by atoms with E-state index in [1.165, 1.54) is 11.8 Å². The molecule has 6 heteroatoms. The molecule has 82 valence electrons. The average molecular weight is 243 g/mol. The third kappa shape index (κ3) is 3.04. The van der Waals surface area contributed by atoms with Crippen LogP contribution in [0.25, 0.3) is 0 Å². The Balaban J connectivity index is 3.23. The van der Waals surface area contributed by atoms with Gasteiger partial charge in [-0.15, -0.1) is 23.5 Å². The Hall–Kier alpha value is -0.880. The van der Waals surface area contributed by atoms with Crippen LogP contribution in [0.5, 0.6) is 0 Å². The lowest BCUT2D eigenvalue weighted by atomic mass is 10.3. The predicted octanol–water partition coefficient (Wildman–Crippen LogP) is 2.32. The van der Waals surface area contributed by atoms with Gasteiger partial charge in [0.15, 0.2) is 0 Å². The molecule has 0 spiro atoms. The Morgan fingerprint density at radius 1 is 1.47 bits per heavy atom. The second kappa shape index (κ2) is 5.27. The molecule has 15 heavy (non-hydrogen) atoms. The molecule has 2 amide bonds. The summed E-state index contributed by atoms with van der Waals surface area (Å²) in [5.41, 5.74) is 6.74. The number of nitrogens with one attached hydrogen (secondary N) is 1. The summed E-state index contributed by atoms with van der Waals surface area (Å²) in [6.45, 7) is 1.92. The first-order valence-corrected chi connectivity index (χ1v) is 6.69. The van der Waals surface area contributed by atoms with Crippen molar-refractivity contribution in [2.24, 2.45) is 5.73 Å². The predicted molar refractivity (Wildman–Crippen MR) is 65.7 cm³/mol. The monoisotopic (exact) mass is 243 g/mol. The SMILES string of the molecule is CSc1cc(C)nc(SC)c1NC(N)=O. The van der Waals surface area contributed by atoms with E-state index in [1.807, 2.05) is 25.5 Å². The fourth-order valence-corrected chi connectivity index (χ4v) is 2.47. The maximum Gasteiger partial charge on any atom is 0.316 e. The van der Waals surface area contributed by atoms with E-state index in [4.69, 9.17) is 5.73 Å². The third-order valence-electron chi connectivity index (χ3n) is 1.74. The van der Waals surface area contributed by atoms with E-state index in [9.17, 15) is 4.79 Å². The summed E-state index contributed by atoms with van der Waals surface area (Å²) in [6.07, 6.45) is 3.86. The van der Waals surface area contributed by atoms with E-state index in [2.05, 4.69) is 10.3 Å². The minimum atomic E-state index is -0.564. The summed E-state index contributed by atoms with van der Waals surface area (Å²) >= 11 is 3.04. The molecule has 1 heterocycles. The zero-order chi connectivity index (χ0) is 11.4. The largest absolute Gasteiger partial charge is 0.351 e. The maximum atomic E-state index is 10.9. The van der Waals surface area contributed by atoms with E-state index in [0.717, 1.165) is 15.6 Å². The molecule has 0 aliphatic carbocycles. The number of amides is 2. The molecule has 0 saturated heterocycles. The van der Waals surface area contributed by atoms with Crippen molar-refractivity contribution >= 4 is 35.2 Å². The van der Waals surface area contributed by atoms with Gasteiger partial charge in [-0.2, -0.15) is 0 Å². The number of nitrogens with zero attached hydrogens (tertiary/aromatic N) is 1. The molecule has 0 aromatic carbocycles. The van der Waals surface area contributed by atoms with Crippen LogP contribution in [0.15, 0.2) is 16.0 Å². The van der Waals surface area contributed by atoms with Crippen LogP contribution in [0.2, 0.25) is 0 Å². The molecule has 0 atom stereocenters. The first-order chi connectivity index (χ1) is 7.08. The maximum absolute atomic E-state index is 10.9. The van der Waals surface area contributed by atoms with Crippen LogP contribution in [0.1, 0.15) is 5.69 Å². The lowest BCUT2D eigenvalue weighted by molar-refractivity contribution is 0.259. The summed E-state index contributed by atoms with van der Waals surface area (Å²) in [5, 5.41) is 3.40. The molecule has 0 aliphatic heterocycles. The quantitative estimate of drug-likeness (QED) is 0.799. The Bertz CT molecular complexity index is 357. The minimum absolute atomic E-state index is 0.564.